The van der Waals surface area contributed by atoms with Crippen molar-refractivity contribution < 1.29 is 4.52 Å². The van der Waals surface area contributed by atoms with Crippen LogP contribution in [-0.4, -0.2) is 5.16 Å². The molecule has 2 heteroatoms. The van der Waals surface area contributed by atoms with Gasteiger partial charge >= 0.3 is 0 Å². The first-order valence-electron chi connectivity index (χ1n) is 4.98. The third-order valence-corrected chi connectivity index (χ3v) is 2.75. The second kappa shape index (κ2) is 2.98. The maximum Gasteiger partial charge on any atom is 0.170 e. The summed E-state index contributed by atoms with van der Waals surface area (Å²) in [5, 5.41) is 4.10. The third kappa shape index (κ3) is 1.07. The van der Waals surface area contributed by atoms with Crippen LogP contribution in [0.2, 0.25) is 0 Å². The van der Waals surface area contributed by atoms with Crippen molar-refractivity contribution in [2.75, 3.05) is 0 Å². The molecule has 0 saturated carbocycles. The van der Waals surface area contributed by atoms with Crippen molar-refractivity contribution in [3.63, 3.8) is 0 Å². The summed E-state index contributed by atoms with van der Waals surface area (Å²) in [5.41, 5.74) is 3.61. The smallest absolute Gasteiger partial charge is 0.170 e. The number of aryl methyl sites for hydroxylation is 1. The summed E-state index contributed by atoms with van der Waals surface area (Å²) < 4.78 is 5.37. The molecule has 0 spiro atoms. The number of fused-ring (bicyclic) bond motifs is 1. The van der Waals surface area contributed by atoms with Gasteiger partial charge in [0.15, 0.2) is 5.76 Å². The molecule has 0 amide bonds. The first-order valence-corrected chi connectivity index (χ1v) is 4.98. The highest BCUT2D eigenvalue weighted by molar-refractivity contribution is 5.62. The summed E-state index contributed by atoms with van der Waals surface area (Å²) in [6.45, 7) is 0. The van der Waals surface area contributed by atoms with E-state index in [0.717, 1.165) is 29.9 Å². The number of rotatable bonds is 1. The molecule has 2 aromatic rings. The second-order valence-corrected chi connectivity index (χ2v) is 3.66. The molecule has 14 heavy (non-hydrogen) atoms. The van der Waals surface area contributed by atoms with Crippen LogP contribution in [0.15, 0.2) is 34.9 Å². The van der Waals surface area contributed by atoms with Gasteiger partial charge in [-0.2, -0.15) is 0 Å². The largest absolute Gasteiger partial charge is 0.356 e. The van der Waals surface area contributed by atoms with Gasteiger partial charge in [-0.3, -0.25) is 0 Å². The first-order chi connectivity index (χ1) is 6.95. The summed E-state index contributed by atoms with van der Waals surface area (Å²) in [4.78, 5) is 0. The van der Waals surface area contributed by atoms with Gasteiger partial charge in [-0.15, -0.1) is 0 Å². The van der Waals surface area contributed by atoms with Crippen molar-refractivity contribution in [2.45, 2.75) is 19.3 Å². The van der Waals surface area contributed by atoms with E-state index in [1.54, 1.807) is 0 Å². The fourth-order valence-corrected chi connectivity index (χ4v) is 2.05. The van der Waals surface area contributed by atoms with Crippen molar-refractivity contribution in [1.82, 2.24) is 5.16 Å². The van der Waals surface area contributed by atoms with Crippen LogP contribution in [0.1, 0.15) is 17.7 Å². The normalized spacial score (nSPS) is 14.3. The topological polar surface area (TPSA) is 26.0 Å². The minimum atomic E-state index is 0.970. The lowest BCUT2D eigenvalue weighted by Gasteiger charge is -1.96. The zero-order chi connectivity index (χ0) is 9.38. The molecule has 0 saturated heterocycles. The first kappa shape index (κ1) is 7.80. The monoisotopic (exact) mass is 185 g/mol. The predicted molar refractivity (Wildman–Crippen MR) is 54.0 cm³/mol. The Balaban J connectivity index is 2.13. The van der Waals surface area contributed by atoms with E-state index in [2.05, 4.69) is 17.3 Å². The van der Waals surface area contributed by atoms with Gasteiger partial charge in [0.1, 0.15) is 0 Å². The Morgan fingerprint density at radius 2 is 1.93 bits per heavy atom. The number of aromatic nitrogens is 1. The molecule has 0 aliphatic heterocycles. The predicted octanol–water partition coefficient (Wildman–Crippen LogP) is 2.83. The van der Waals surface area contributed by atoms with Crippen LogP contribution in [-0.2, 0) is 12.8 Å². The Labute approximate surface area is 82.5 Å². The molecule has 2 nitrogen and oxygen atoms in total. The minimum absolute atomic E-state index is 0.970. The van der Waals surface area contributed by atoms with Gasteiger partial charge in [0, 0.05) is 11.1 Å². The van der Waals surface area contributed by atoms with Crippen LogP contribution in [0.25, 0.3) is 11.3 Å². The zero-order valence-corrected chi connectivity index (χ0v) is 7.86. The second-order valence-electron chi connectivity index (χ2n) is 3.66. The van der Waals surface area contributed by atoms with Gasteiger partial charge in [0.2, 0.25) is 0 Å². The highest BCUT2D eigenvalue weighted by Crippen LogP contribution is 2.31. The molecule has 0 radical (unpaired) electrons. The standard InChI is InChI=1S/C12H11NO/c1-2-5-9(6-3-1)12-10-7-4-8-11(10)13-14-12/h1-3,5-6H,4,7-8H2. The number of hydrogen-bond acceptors (Lipinski definition) is 2. The Morgan fingerprint density at radius 1 is 1.07 bits per heavy atom. The molecular weight excluding hydrogens is 174 g/mol. The van der Waals surface area contributed by atoms with E-state index in [9.17, 15) is 0 Å². The van der Waals surface area contributed by atoms with E-state index in [-0.39, 0.29) is 0 Å². The lowest BCUT2D eigenvalue weighted by atomic mass is 10.1. The van der Waals surface area contributed by atoms with E-state index in [0.29, 0.717) is 0 Å². The molecule has 1 aliphatic carbocycles. The fraction of sp³-hybridized carbons (Fsp3) is 0.250. The van der Waals surface area contributed by atoms with Gasteiger partial charge < -0.3 is 4.52 Å². The molecule has 0 fully saturated rings. The lowest BCUT2D eigenvalue weighted by molar-refractivity contribution is 0.420. The van der Waals surface area contributed by atoms with Crippen LogP contribution in [0.3, 0.4) is 0 Å². The van der Waals surface area contributed by atoms with Crippen molar-refractivity contribution in [1.29, 1.82) is 0 Å². The molecule has 0 N–H and O–H groups in total. The van der Waals surface area contributed by atoms with Crippen molar-refractivity contribution in [3.8, 4) is 11.3 Å². The average molecular weight is 185 g/mol. The molecular formula is C12H11NO. The average Bonchev–Trinajstić information content (AvgIpc) is 2.79. The zero-order valence-electron chi connectivity index (χ0n) is 7.86. The molecule has 0 unspecified atom stereocenters. The maximum absolute atomic E-state index is 5.37. The third-order valence-electron chi connectivity index (χ3n) is 2.75. The van der Waals surface area contributed by atoms with Crippen LogP contribution in [0.5, 0.6) is 0 Å². The summed E-state index contributed by atoms with van der Waals surface area (Å²) >= 11 is 0. The molecule has 1 aromatic carbocycles. The molecule has 1 heterocycles. The number of benzene rings is 1. The van der Waals surface area contributed by atoms with Crippen molar-refractivity contribution in [3.05, 3.63) is 41.6 Å². The van der Waals surface area contributed by atoms with Gasteiger partial charge in [-0.25, -0.2) is 0 Å². The minimum Gasteiger partial charge on any atom is -0.356 e. The van der Waals surface area contributed by atoms with E-state index in [4.69, 9.17) is 4.52 Å². The van der Waals surface area contributed by atoms with Crippen molar-refractivity contribution >= 4 is 0 Å². The Bertz CT molecular complexity index is 445. The molecule has 0 atom stereocenters. The van der Waals surface area contributed by atoms with Crippen LogP contribution in [0.4, 0.5) is 0 Å². The molecule has 70 valence electrons. The highest BCUT2D eigenvalue weighted by Gasteiger charge is 2.21. The fourth-order valence-electron chi connectivity index (χ4n) is 2.05. The number of hydrogen-bond donors (Lipinski definition) is 0. The van der Waals surface area contributed by atoms with Gasteiger partial charge in [-0.05, 0) is 19.3 Å². The Morgan fingerprint density at radius 3 is 2.79 bits per heavy atom. The summed E-state index contributed by atoms with van der Waals surface area (Å²) in [5.74, 6) is 0.970. The van der Waals surface area contributed by atoms with E-state index in [1.807, 2.05) is 18.2 Å². The summed E-state index contributed by atoms with van der Waals surface area (Å²) in [7, 11) is 0. The molecule has 1 aliphatic rings. The van der Waals surface area contributed by atoms with Gasteiger partial charge in [-0.1, -0.05) is 35.5 Å². The molecule has 3 rings (SSSR count). The summed E-state index contributed by atoms with van der Waals surface area (Å²) in [6, 6.07) is 10.2. The molecule has 1 aromatic heterocycles. The van der Waals surface area contributed by atoms with Crippen LogP contribution < -0.4 is 0 Å². The van der Waals surface area contributed by atoms with Gasteiger partial charge in [0.05, 0.1) is 5.69 Å². The van der Waals surface area contributed by atoms with Gasteiger partial charge in [0.25, 0.3) is 0 Å². The van der Waals surface area contributed by atoms with Crippen LogP contribution in [0, 0.1) is 0 Å². The van der Waals surface area contributed by atoms with E-state index < -0.39 is 0 Å². The Hall–Kier alpha value is -1.57. The lowest BCUT2D eigenvalue weighted by Crippen LogP contribution is -1.80. The SMILES string of the molecule is c1ccc(-c2onc3c2CCC3)cc1. The van der Waals surface area contributed by atoms with E-state index >= 15 is 0 Å². The summed E-state index contributed by atoms with van der Waals surface area (Å²) in [6.07, 6.45) is 3.41. The van der Waals surface area contributed by atoms with E-state index in [1.165, 1.54) is 12.0 Å². The maximum atomic E-state index is 5.37. The molecule has 0 bridgehead atoms. The Kier molecular flexibility index (Phi) is 1.66. The highest BCUT2D eigenvalue weighted by atomic mass is 16.5. The number of nitrogens with zero attached hydrogens (tertiary/aromatic N) is 1. The quantitative estimate of drug-likeness (QED) is 0.682. The van der Waals surface area contributed by atoms with Crippen molar-refractivity contribution in [2.24, 2.45) is 0 Å². The van der Waals surface area contributed by atoms with Crippen LogP contribution >= 0.6 is 0 Å².